The van der Waals surface area contributed by atoms with Crippen LogP contribution in [0, 0.1) is 0 Å². The summed E-state index contributed by atoms with van der Waals surface area (Å²) in [4.78, 5) is 9.64. The van der Waals surface area contributed by atoms with Crippen molar-refractivity contribution >= 4 is 44.4 Å². The van der Waals surface area contributed by atoms with Gasteiger partial charge in [0.1, 0.15) is 17.0 Å². The summed E-state index contributed by atoms with van der Waals surface area (Å²) < 4.78 is 6.09. The molecule has 0 aliphatic rings. The molecule has 1 aromatic heterocycles. The van der Waals surface area contributed by atoms with Crippen LogP contribution in [0.3, 0.4) is 0 Å². The molecule has 0 bridgehead atoms. The van der Waals surface area contributed by atoms with Gasteiger partial charge in [-0.05, 0) is 51.7 Å². The van der Waals surface area contributed by atoms with E-state index < -0.39 is 0 Å². The first-order valence-electron chi connectivity index (χ1n) is 13.7. The summed E-state index contributed by atoms with van der Waals surface area (Å²) in [5.74, 6) is 1.04. The van der Waals surface area contributed by atoms with Crippen molar-refractivity contribution in [1.29, 1.82) is 0 Å². The lowest BCUT2D eigenvalue weighted by Gasteiger charge is -2.09. The predicted octanol–water partition coefficient (Wildman–Crippen LogP) is 8.76. The average molecular weight is 530 g/mol. The fourth-order valence-electron chi connectivity index (χ4n) is 5.30. The summed E-state index contributed by atoms with van der Waals surface area (Å²) in [5, 5.41) is 4.62. The second kappa shape index (κ2) is 10.6. The molecule has 0 spiro atoms. The Balaban J connectivity index is 1.25. The summed E-state index contributed by atoms with van der Waals surface area (Å²) in [6.07, 6.45) is 0. The topological polar surface area (TPSA) is 63.9 Å². The van der Waals surface area contributed by atoms with Gasteiger partial charge in [-0.3, -0.25) is 4.99 Å². The van der Waals surface area contributed by atoms with Gasteiger partial charge < -0.3 is 10.2 Å². The van der Waals surface area contributed by atoms with Crippen molar-refractivity contribution in [3.63, 3.8) is 0 Å². The summed E-state index contributed by atoms with van der Waals surface area (Å²) in [6.45, 7) is 0.526. The number of nitrogens with zero attached hydrogens (tertiary/aromatic N) is 2. The zero-order valence-electron chi connectivity index (χ0n) is 22.4. The van der Waals surface area contributed by atoms with Gasteiger partial charge in [-0.2, -0.15) is 0 Å². The number of amidine groups is 2. The molecule has 0 amide bonds. The van der Waals surface area contributed by atoms with Crippen molar-refractivity contribution in [1.82, 2.24) is 0 Å². The molecule has 196 valence electrons. The van der Waals surface area contributed by atoms with Crippen LogP contribution < -0.4 is 5.73 Å². The Morgan fingerprint density at radius 3 is 2.17 bits per heavy atom. The summed E-state index contributed by atoms with van der Waals surface area (Å²) in [5.41, 5.74) is 13.5. The zero-order valence-corrected chi connectivity index (χ0v) is 22.4. The first-order valence-corrected chi connectivity index (χ1v) is 13.7. The molecular weight excluding hydrogens is 502 g/mol. The molecule has 6 aromatic carbocycles. The van der Waals surface area contributed by atoms with Crippen molar-refractivity contribution in [2.45, 2.75) is 6.54 Å². The van der Waals surface area contributed by atoms with E-state index in [9.17, 15) is 0 Å². The number of fused-ring (bicyclic) bond motifs is 5. The first-order chi connectivity index (χ1) is 20.2. The fourth-order valence-corrected chi connectivity index (χ4v) is 5.30. The van der Waals surface area contributed by atoms with E-state index in [1.54, 1.807) is 0 Å². The second-order valence-electron chi connectivity index (χ2n) is 10.0. The Kier molecular flexibility index (Phi) is 6.34. The van der Waals surface area contributed by atoms with Gasteiger partial charge in [0, 0.05) is 21.9 Å². The summed E-state index contributed by atoms with van der Waals surface area (Å²) >= 11 is 0. The van der Waals surface area contributed by atoms with Gasteiger partial charge in [0.15, 0.2) is 5.84 Å². The average Bonchev–Trinajstić information content (AvgIpc) is 3.43. The molecule has 7 rings (SSSR count). The van der Waals surface area contributed by atoms with Gasteiger partial charge in [0.2, 0.25) is 0 Å². The number of para-hydroxylation sites is 1. The smallest absolute Gasteiger partial charge is 0.157 e. The minimum atomic E-state index is 0.426. The molecule has 0 saturated carbocycles. The first kappa shape index (κ1) is 24.6. The van der Waals surface area contributed by atoms with E-state index in [-0.39, 0.29) is 0 Å². The van der Waals surface area contributed by atoms with Crippen LogP contribution >= 0.6 is 0 Å². The number of benzene rings is 6. The van der Waals surface area contributed by atoms with Crippen LogP contribution in [-0.4, -0.2) is 11.7 Å². The molecular formula is C37H27N3O. The van der Waals surface area contributed by atoms with E-state index >= 15 is 0 Å². The Bertz CT molecular complexity index is 2070. The summed E-state index contributed by atoms with van der Waals surface area (Å²) in [6, 6.07) is 47.3. The van der Waals surface area contributed by atoms with Gasteiger partial charge in [0.25, 0.3) is 0 Å². The minimum Gasteiger partial charge on any atom is -0.456 e. The van der Waals surface area contributed by atoms with Gasteiger partial charge in [0.05, 0.1) is 6.54 Å². The monoisotopic (exact) mass is 529 g/mol. The van der Waals surface area contributed by atoms with E-state index in [0.717, 1.165) is 55.1 Å². The number of aliphatic imine (C=N–C) groups is 2. The van der Waals surface area contributed by atoms with E-state index in [4.69, 9.17) is 20.1 Å². The lowest BCUT2D eigenvalue weighted by Crippen LogP contribution is -2.16. The standard InChI is InChI=1S/C37H27N3O/c38-36(40-37(26-12-5-2-6-13-26)39-24-25-10-3-1-4-11-25)30-15-9-14-27(23-30)28-18-20-31-29(22-28)19-21-34-35(31)32-16-7-8-17-33(32)41-34/h1-23H,24H2,(H2,38,39,40). The number of hydrogen-bond acceptors (Lipinski definition) is 2. The molecule has 7 aromatic rings. The molecule has 1 heterocycles. The van der Waals surface area contributed by atoms with Crippen LogP contribution in [0.1, 0.15) is 16.7 Å². The fraction of sp³-hybridized carbons (Fsp3) is 0.0270. The van der Waals surface area contributed by atoms with E-state index in [1.165, 1.54) is 5.39 Å². The highest BCUT2D eigenvalue weighted by atomic mass is 16.3. The van der Waals surface area contributed by atoms with E-state index in [0.29, 0.717) is 18.2 Å². The highest BCUT2D eigenvalue weighted by Gasteiger charge is 2.12. The Hall–Kier alpha value is -5.48. The lowest BCUT2D eigenvalue weighted by molar-refractivity contribution is 0.669. The van der Waals surface area contributed by atoms with Crippen LogP contribution in [-0.2, 0) is 6.54 Å². The van der Waals surface area contributed by atoms with Gasteiger partial charge in [-0.25, -0.2) is 4.99 Å². The third kappa shape index (κ3) is 4.88. The van der Waals surface area contributed by atoms with Crippen LogP contribution in [0.4, 0.5) is 0 Å². The Morgan fingerprint density at radius 1 is 0.585 bits per heavy atom. The van der Waals surface area contributed by atoms with Crippen molar-refractivity contribution in [2.24, 2.45) is 15.7 Å². The maximum Gasteiger partial charge on any atom is 0.157 e. The Morgan fingerprint density at radius 2 is 1.32 bits per heavy atom. The van der Waals surface area contributed by atoms with Crippen molar-refractivity contribution in [3.8, 4) is 11.1 Å². The number of rotatable bonds is 5. The quantitative estimate of drug-likeness (QED) is 0.179. The predicted molar refractivity (Wildman–Crippen MR) is 171 cm³/mol. The third-order valence-corrected chi connectivity index (χ3v) is 7.36. The van der Waals surface area contributed by atoms with E-state index in [1.807, 2.05) is 72.8 Å². The normalized spacial score (nSPS) is 12.4. The van der Waals surface area contributed by atoms with Crippen LogP contribution in [0.5, 0.6) is 0 Å². The highest BCUT2D eigenvalue weighted by Crippen LogP contribution is 2.36. The SMILES string of the molecule is NC(=NC(=NCc1ccccc1)c1ccccc1)c1cccc(-c2ccc3c(ccc4oc5ccccc5c43)c2)c1. The molecule has 0 saturated heterocycles. The molecule has 0 atom stereocenters. The minimum absolute atomic E-state index is 0.426. The molecule has 41 heavy (non-hydrogen) atoms. The molecule has 0 aliphatic heterocycles. The largest absolute Gasteiger partial charge is 0.456 e. The van der Waals surface area contributed by atoms with Crippen molar-refractivity contribution in [3.05, 3.63) is 156 Å². The van der Waals surface area contributed by atoms with Crippen molar-refractivity contribution < 1.29 is 4.42 Å². The van der Waals surface area contributed by atoms with Gasteiger partial charge in [-0.15, -0.1) is 0 Å². The van der Waals surface area contributed by atoms with Gasteiger partial charge >= 0.3 is 0 Å². The molecule has 4 nitrogen and oxygen atoms in total. The Labute approximate surface area is 238 Å². The number of hydrogen-bond donors (Lipinski definition) is 1. The third-order valence-electron chi connectivity index (χ3n) is 7.36. The lowest BCUT2D eigenvalue weighted by atomic mass is 9.97. The van der Waals surface area contributed by atoms with Crippen LogP contribution in [0.15, 0.2) is 154 Å². The maximum absolute atomic E-state index is 6.60. The number of nitrogens with two attached hydrogens (primary N) is 1. The van der Waals surface area contributed by atoms with Crippen LogP contribution in [0.25, 0.3) is 43.8 Å². The van der Waals surface area contributed by atoms with E-state index in [2.05, 4.69) is 66.7 Å². The van der Waals surface area contributed by atoms with Gasteiger partial charge in [-0.1, -0.05) is 115 Å². The molecule has 4 heteroatoms. The van der Waals surface area contributed by atoms with Crippen molar-refractivity contribution in [2.75, 3.05) is 0 Å². The maximum atomic E-state index is 6.60. The highest BCUT2D eigenvalue weighted by molar-refractivity contribution is 6.19. The molecule has 0 fully saturated rings. The zero-order chi connectivity index (χ0) is 27.6. The summed E-state index contributed by atoms with van der Waals surface area (Å²) in [7, 11) is 0. The molecule has 0 radical (unpaired) electrons. The second-order valence-corrected chi connectivity index (χ2v) is 10.0. The van der Waals surface area contributed by atoms with Crippen LogP contribution in [0.2, 0.25) is 0 Å². The number of furan rings is 1. The molecule has 2 N–H and O–H groups in total. The molecule has 0 unspecified atom stereocenters. The molecule has 0 aliphatic carbocycles.